The number of carbonyl (C=O) groups is 1. The normalized spacial score (nSPS) is 11.1. The van der Waals surface area contributed by atoms with Crippen LogP contribution in [0.2, 0.25) is 0 Å². The zero-order chi connectivity index (χ0) is 15.9. The molecule has 0 aromatic heterocycles. The van der Waals surface area contributed by atoms with Gasteiger partial charge in [0.1, 0.15) is 12.4 Å². The lowest BCUT2D eigenvalue weighted by Gasteiger charge is -2.06. The number of amides is 1. The summed E-state index contributed by atoms with van der Waals surface area (Å²) in [5.74, 6) is -0.653. The maximum absolute atomic E-state index is 13.0. The number of rotatable bonds is 4. The van der Waals surface area contributed by atoms with Gasteiger partial charge in [-0.05, 0) is 37.3 Å². The first-order chi connectivity index (χ1) is 10.5. The van der Waals surface area contributed by atoms with E-state index < -0.39 is 5.82 Å². The molecule has 114 valence electrons. The Morgan fingerprint density at radius 2 is 1.86 bits per heavy atom. The number of nitrogens with two attached hydrogens (primary N) is 1. The zero-order valence-electron chi connectivity index (χ0n) is 12.1. The number of nitrogens with zero attached hydrogens (tertiary/aromatic N) is 1. The van der Waals surface area contributed by atoms with Gasteiger partial charge in [0.25, 0.3) is 0 Å². The van der Waals surface area contributed by atoms with Crippen LogP contribution in [0.3, 0.4) is 0 Å². The van der Waals surface area contributed by atoms with Gasteiger partial charge in [-0.25, -0.2) is 9.38 Å². The lowest BCUT2D eigenvalue weighted by atomic mass is 10.2. The van der Waals surface area contributed by atoms with E-state index in [1.54, 1.807) is 6.07 Å². The molecule has 0 aliphatic carbocycles. The number of anilines is 2. The van der Waals surface area contributed by atoms with Gasteiger partial charge in [0.05, 0.1) is 0 Å². The van der Waals surface area contributed by atoms with E-state index in [0.29, 0.717) is 5.69 Å². The predicted molar refractivity (Wildman–Crippen MR) is 86.3 cm³/mol. The maximum Gasteiger partial charge on any atom is 0.246 e. The van der Waals surface area contributed by atoms with E-state index >= 15 is 0 Å². The molecule has 2 aromatic carbocycles. The number of aliphatic imine (C=N–C) groups is 1. The molecule has 0 saturated carbocycles. The highest BCUT2D eigenvalue weighted by atomic mass is 19.1. The van der Waals surface area contributed by atoms with Crippen LogP contribution in [0.15, 0.2) is 53.5 Å². The quantitative estimate of drug-likeness (QED) is 0.599. The first-order valence-electron chi connectivity index (χ1n) is 6.72. The lowest BCUT2D eigenvalue weighted by Crippen LogP contribution is -2.25. The number of benzene rings is 2. The third-order valence-electron chi connectivity index (χ3n) is 2.83. The van der Waals surface area contributed by atoms with Gasteiger partial charge in [0.2, 0.25) is 5.91 Å². The molecule has 0 aliphatic rings. The Morgan fingerprint density at radius 1 is 1.14 bits per heavy atom. The Morgan fingerprint density at radius 3 is 2.55 bits per heavy atom. The molecule has 6 heteroatoms. The monoisotopic (exact) mass is 300 g/mol. The van der Waals surface area contributed by atoms with Gasteiger partial charge < -0.3 is 16.4 Å². The lowest BCUT2D eigenvalue weighted by molar-refractivity contribution is -0.114. The van der Waals surface area contributed by atoms with Crippen molar-refractivity contribution in [2.24, 2.45) is 10.7 Å². The SMILES string of the molecule is Cc1ccc(NC(N)=NCC(=O)Nc2cccc(F)c2)cc1. The summed E-state index contributed by atoms with van der Waals surface area (Å²) in [6.45, 7) is 1.83. The summed E-state index contributed by atoms with van der Waals surface area (Å²) < 4.78 is 13.0. The molecule has 0 atom stereocenters. The van der Waals surface area contributed by atoms with Crippen LogP contribution >= 0.6 is 0 Å². The number of hydrogen-bond acceptors (Lipinski definition) is 2. The summed E-state index contributed by atoms with van der Waals surface area (Å²) in [4.78, 5) is 15.6. The average molecular weight is 300 g/mol. The Hall–Kier alpha value is -2.89. The van der Waals surface area contributed by atoms with Crippen molar-refractivity contribution in [2.45, 2.75) is 6.92 Å². The Kier molecular flexibility index (Phi) is 5.08. The summed E-state index contributed by atoms with van der Waals surface area (Å²) in [6.07, 6.45) is 0. The van der Waals surface area contributed by atoms with Crippen LogP contribution in [0.1, 0.15) is 5.56 Å². The second-order valence-corrected chi connectivity index (χ2v) is 4.75. The fourth-order valence-corrected chi connectivity index (χ4v) is 1.75. The largest absolute Gasteiger partial charge is 0.370 e. The molecule has 0 aliphatic heterocycles. The van der Waals surface area contributed by atoms with Crippen LogP contribution in [0.4, 0.5) is 15.8 Å². The summed E-state index contributed by atoms with van der Waals surface area (Å²) in [5.41, 5.74) is 8.01. The topological polar surface area (TPSA) is 79.5 Å². The van der Waals surface area contributed by atoms with Crippen LogP contribution in [0, 0.1) is 12.7 Å². The number of nitrogens with one attached hydrogen (secondary N) is 2. The summed E-state index contributed by atoms with van der Waals surface area (Å²) in [7, 11) is 0. The molecule has 0 spiro atoms. The molecule has 5 nitrogen and oxygen atoms in total. The van der Waals surface area contributed by atoms with Crippen molar-refractivity contribution in [1.82, 2.24) is 0 Å². The Bertz CT molecular complexity index is 683. The fourth-order valence-electron chi connectivity index (χ4n) is 1.75. The van der Waals surface area contributed by atoms with E-state index in [1.807, 2.05) is 31.2 Å². The standard InChI is InChI=1S/C16H17FN4O/c1-11-5-7-13(8-6-11)21-16(18)19-10-15(22)20-14-4-2-3-12(17)9-14/h2-9H,10H2,1H3,(H,20,22)(H3,18,19,21). The first kappa shape index (κ1) is 15.5. The highest BCUT2D eigenvalue weighted by molar-refractivity contribution is 5.97. The minimum Gasteiger partial charge on any atom is -0.370 e. The van der Waals surface area contributed by atoms with Gasteiger partial charge in [0, 0.05) is 11.4 Å². The number of guanidine groups is 1. The maximum atomic E-state index is 13.0. The van der Waals surface area contributed by atoms with E-state index in [0.717, 1.165) is 11.3 Å². The van der Waals surface area contributed by atoms with E-state index in [1.165, 1.54) is 18.2 Å². The van der Waals surface area contributed by atoms with Gasteiger partial charge in [-0.2, -0.15) is 0 Å². The Labute approximate surface area is 128 Å². The first-order valence-corrected chi connectivity index (χ1v) is 6.72. The van der Waals surface area contributed by atoms with Crippen molar-refractivity contribution in [3.63, 3.8) is 0 Å². The van der Waals surface area contributed by atoms with Crippen LogP contribution in [-0.4, -0.2) is 18.4 Å². The van der Waals surface area contributed by atoms with Crippen molar-refractivity contribution in [1.29, 1.82) is 0 Å². The number of aryl methyl sites for hydroxylation is 1. The van der Waals surface area contributed by atoms with Crippen LogP contribution in [-0.2, 0) is 4.79 Å². The van der Waals surface area contributed by atoms with Gasteiger partial charge >= 0.3 is 0 Å². The minimum atomic E-state index is -0.415. The number of carbonyl (C=O) groups excluding carboxylic acids is 1. The fraction of sp³-hybridized carbons (Fsp3) is 0.125. The van der Waals surface area contributed by atoms with Gasteiger partial charge in [-0.15, -0.1) is 0 Å². The second kappa shape index (κ2) is 7.21. The predicted octanol–water partition coefficient (Wildman–Crippen LogP) is 2.50. The van der Waals surface area contributed by atoms with Crippen LogP contribution < -0.4 is 16.4 Å². The second-order valence-electron chi connectivity index (χ2n) is 4.75. The molecular weight excluding hydrogens is 283 g/mol. The third-order valence-corrected chi connectivity index (χ3v) is 2.83. The molecule has 0 fully saturated rings. The number of hydrogen-bond donors (Lipinski definition) is 3. The van der Waals surface area contributed by atoms with Gasteiger partial charge in [-0.1, -0.05) is 23.8 Å². The molecular formula is C16H17FN4O. The molecule has 0 radical (unpaired) electrons. The summed E-state index contributed by atoms with van der Waals surface area (Å²) in [6, 6.07) is 13.3. The third kappa shape index (κ3) is 4.90. The van der Waals surface area contributed by atoms with E-state index in [9.17, 15) is 9.18 Å². The van der Waals surface area contributed by atoms with Crippen molar-refractivity contribution < 1.29 is 9.18 Å². The summed E-state index contributed by atoms with van der Waals surface area (Å²) in [5, 5.41) is 5.43. The summed E-state index contributed by atoms with van der Waals surface area (Å²) >= 11 is 0. The van der Waals surface area contributed by atoms with E-state index in [4.69, 9.17) is 5.73 Å². The van der Waals surface area contributed by atoms with Crippen molar-refractivity contribution in [3.8, 4) is 0 Å². The highest BCUT2D eigenvalue weighted by Crippen LogP contribution is 2.09. The van der Waals surface area contributed by atoms with Gasteiger partial charge in [0.15, 0.2) is 5.96 Å². The van der Waals surface area contributed by atoms with Crippen LogP contribution in [0.5, 0.6) is 0 Å². The van der Waals surface area contributed by atoms with Crippen molar-refractivity contribution in [3.05, 3.63) is 59.9 Å². The highest BCUT2D eigenvalue weighted by Gasteiger charge is 2.03. The van der Waals surface area contributed by atoms with Crippen molar-refractivity contribution >= 4 is 23.2 Å². The zero-order valence-corrected chi connectivity index (χ0v) is 12.1. The molecule has 0 unspecified atom stereocenters. The van der Waals surface area contributed by atoms with E-state index in [-0.39, 0.29) is 18.4 Å². The van der Waals surface area contributed by atoms with Crippen molar-refractivity contribution in [2.75, 3.05) is 17.2 Å². The average Bonchev–Trinajstić information content (AvgIpc) is 2.48. The van der Waals surface area contributed by atoms with E-state index in [2.05, 4.69) is 15.6 Å². The molecule has 0 heterocycles. The molecule has 22 heavy (non-hydrogen) atoms. The molecule has 0 saturated heterocycles. The van der Waals surface area contributed by atoms with Crippen LogP contribution in [0.25, 0.3) is 0 Å². The number of halogens is 1. The molecule has 0 bridgehead atoms. The van der Waals surface area contributed by atoms with Gasteiger partial charge in [-0.3, -0.25) is 4.79 Å². The molecule has 2 rings (SSSR count). The molecule has 4 N–H and O–H groups in total. The Balaban J connectivity index is 1.87. The molecule has 1 amide bonds. The molecule has 2 aromatic rings. The smallest absolute Gasteiger partial charge is 0.246 e. The minimum absolute atomic E-state index is 0.137.